The smallest absolute Gasteiger partial charge is 0.396 e. The minimum absolute atomic E-state index is 0.498. The number of hydrogen-bond donors (Lipinski definition) is 0. The monoisotopic (exact) mass is 221 g/mol. The van der Waals surface area contributed by atoms with Crippen molar-refractivity contribution in [3.05, 3.63) is 35.9 Å². The number of amides is 1. The van der Waals surface area contributed by atoms with Crippen LogP contribution in [0.2, 0.25) is 0 Å². The molecule has 1 amide bonds. The quantitative estimate of drug-likeness (QED) is 0.562. The Hall–Kier alpha value is -1.84. The van der Waals surface area contributed by atoms with Crippen LogP contribution < -0.4 is 0 Å². The van der Waals surface area contributed by atoms with E-state index in [4.69, 9.17) is 0 Å². The van der Waals surface area contributed by atoms with Crippen LogP contribution in [0.25, 0.3) is 0 Å². The molecule has 0 radical (unpaired) electrons. The fraction of sp³-hybridized carbons (Fsp3) is 0.333. The molecule has 0 aliphatic heterocycles. The zero-order valence-corrected chi connectivity index (χ0v) is 9.47. The number of likely N-dealkylation sites (N-methyl/N-ethyl adjacent to an activating group) is 1. The number of methoxy groups -OCH3 is 1. The van der Waals surface area contributed by atoms with Crippen molar-refractivity contribution < 1.29 is 14.3 Å². The second-order valence-corrected chi connectivity index (χ2v) is 3.45. The average Bonchev–Trinajstić information content (AvgIpc) is 2.35. The third kappa shape index (κ3) is 3.38. The third-order valence-electron chi connectivity index (χ3n) is 2.29. The van der Waals surface area contributed by atoms with Crippen molar-refractivity contribution in [2.24, 2.45) is 0 Å². The van der Waals surface area contributed by atoms with Gasteiger partial charge in [-0.05, 0) is 12.0 Å². The average molecular weight is 221 g/mol. The Morgan fingerprint density at radius 3 is 2.44 bits per heavy atom. The van der Waals surface area contributed by atoms with E-state index in [9.17, 15) is 9.59 Å². The van der Waals surface area contributed by atoms with E-state index in [1.54, 1.807) is 7.05 Å². The standard InChI is InChI=1S/C12H15NO3/c1-13(11(14)12(15)16-2)9-8-10-6-4-3-5-7-10/h3-7H,8-9H2,1-2H3. The largest absolute Gasteiger partial charge is 0.462 e. The van der Waals surface area contributed by atoms with Crippen molar-refractivity contribution in [1.82, 2.24) is 4.90 Å². The molecule has 0 saturated carbocycles. The van der Waals surface area contributed by atoms with Gasteiger partial charge in [0.25, 0.3) is 0 Å². The number of benzene rings is 1. The van der Waals surface area contributed by atoms with Crippen LogP contribution in [-0.2, 0) is 20.7 Å². The fourth-order valence-corrected chi connectivity index (χ4v) is 1.29. The van der Waals surface area contributed by atoms with E-state index in [1.807, 2.05) is 30.3 Å². The number of hydrogen-bond acceptors (Lipinski definition) is 3. The molecule has 1 aromatic rings. The third-order valence-corrected chi connectivity index (χ3v) is 2.29. The van der Waals surface area contributed by atoms with Crippen molar-refractivity contribution in [1.29, 1.82) is 0 Å². The SMILES string of the molecule is COC(=O)C(=O)N(C)CCc1ccccc1. The Labute approximate surface area is 94.8 Å². The van der Waals surface area contributed by atoms with Gasteiger partial charge < -0.3 is 9.64 Å². The molecule has 0 spiro atoms. The molecule has 16 heavy (non-hydrogen) atoms. The Morgan fingerprint density at radius 1 is 1.25 bits per heavy atom. The molecule has 0 atom stereocenters. The highest BCUT2D eigenvalue weighted by atomic mass is 16.5. The molecule has 0 unspecified atom stereocenters. The first-order valence-electron chi connectivity index (χ1n) is 5.02. The lowest BCUT2D eigenvalue weighted by molar-refractivity contribution is -0.157. The molecule has 4 heteroatoms. The summed E-state index contributed by atoms with van der Waals surface area (Å²) in [6.45, 7) is 0.498. The molecule has 1 rings (SSSR count). The second-order valence-electron chi connectivity index (χ2n) is 3.45. The van der Waals surface area contributed by atoms with Crippen molar-refractivity contribution in [3.8, 4) is 0 Å². The van der Waals surface area contributed by atoms with Crippen LogP contribution in [0, 0.1) is 0 Å². The van der Waals surface area contributed by atoms with Gasteiger partial charge in [-0.3, -0.25) is 4.79 Å². The predicted octanol–water partition coefficient (Wildman–Crippen LogP) is 0.860. The van der Waals surface area contributed by atoms with Gasteiger partial charge in [-0.25, -0.2) is 4.79 Å². The van der Waals surface area contributed by atoms with Gasteiger partial charge in [0.1, 0.15) is 0 Å². The topological polar surface area (TPSA) is 46.6 Å². The number of carbonyl (C=O) groups excluding carboxylic acids is 2. The maximum atomic E-state index is 11.3. The molecule has 1 aromatic carbocycles. The molecule has 0 aromatic heterocycles. The van der Waals surface area contributed by atoms with Gasteiger partial charge in [0.2, 0.25) is 0 Å². The number of nitrogens with zero attached hydrogens (tertiary/aromatic N) is 1. The summed E-state index contributed by atoms with van der Waals surface area (Å²) >= 11 is 0. The van der Waals surface area contributed by atoms with Gasteiger partial charge in [-0.2, -0.15) is 0 Å². The predicted molar refractivity (Wildman–Crippen MR) is 59.8 cm³/mol. The molecule has 0 bridgehead atoms. The molecule has 0 aliphatic carbocycles. The van der Waals surface area contributed by atoms with Crippen molar-refractivity contribution >= 4 is 11.9 Å². The highest BCUT2D eigenvalue weighted by Gasteiger charge is 2.18. The lowest BCUT2D eigenvalue weighted by Gasteiger charge is -2.15. The second kappa shape index (κ2) is 5.90. The summed E-state index contributed by atoms with van der Waals surface area (Å²) in [5.74, 6) is -1.44. The van der Waals surface area contributed by atoms with E-state index in [-0.39, 0.29) is 0 Å². The Morgan fingerprint density at radius 2 is 1.88 bits per heavy atom. The normalized spacial score (nSPS) is 9.62. The van der Waals surface area contributed by atoms with Gasteiger partial charge in [0, 0.05) is 13.6 Å². The van der Waals surface area contributed by atoms with Gasteiger partial charge in [0.15, 0.2) is 0 Å². The van der Waals surface area contributed by atoms with Crippen LogP contribution in [-0.4, -0.2) is 37.5 Å². The van der Waals surface area contributed by atoms with Crippen molar-refractivity contribution in [3.63, 3.8) is 0 Å². The molecule has 0 N–H and O–H groups in total. The Balaban J connectivity index is 2.44. The van der Waals surface area contributed by atoms with Gasteiger partial charge in [-0.1, -0.05) is 30.3 Å². The van der Waals surface area contributed by atoms with Gasteiger partial charge in [0.05, 0.1) is 7.11 Å². The minimum atomic E-state index is -0.824. The van der Waals surface area contributed by atoms with E-state index in [1.165, 1.54) is 12.0 Å². The fourth-order valence-electron chi connectivity index (χ4n) is 1.29. The molecule has 0 aliphatic rings. The van der Waals surface area contributed by atoms with Crippen LogP contribution in [0.15, 0.2) is 30.3 Å². The van der Waals surface area contributed by atoms with Crippen LogP contribution in [0.1, 0.15) is 5.56 Å². The van der Waals surface area contributed by atoms with Crippen LogP contribution in [0.4, 0.5) is 0 Å². The highest BCUT2D eigenvalue weighted by molar-refractivity contribution is 6.32. The highest BCUT2D eigenvalue weighted by Crippen LogP contribution is 2.00. The van der Waals surface area contributed by atoms with Crippen LogP contribution in [0.3, 0.4) is 0 Å². The number of ether oxygens (including phenoxy) is 1. The van der Waals surface area contributed by atoms with Crippen LogP contribution >= 0.6 is 0 Å². The molecule has 4 nitrogen and oxygen atoms in total. The van der Waals surface area contributed by atoms with E-state index < -0.39 is 11.9 Å². The zero-order valence-electron chi connectivity index (χ0n) is 9.47. The lowest BCUT2D eigenvalue weighted by Crippen LogP contribution is -2.35. The van der Waals surface area contributed by atoms with Gasteiger partial charge >= 0.3 is 11.9 Å². The van der Waals surface area contributed by atoms with Crippen LogP contribution in [0.5, 0.6) is 0 Å². The van der Waals surface area contributed by atoms with E-state index >= 15 is 0 Å². The number of carbonyl (C=O) groups is 2. The molecule has 0 saturated heterocycles. The summed E-state index contributed by atoms with van der Waals surface area (Å²) < 4.78 is 4.36. The summed E-state index contributed by atoms with van der Waals surface area (Å²) in [6, 6.07) is 9.79. The number of esters is 1. The minimum Gasteiger partial charge on any atom is -0.462 e. The van der Waals surface area contributed by atoms with Crippen molar-refractivity contribution in [2.45, 2.75) is 6.42 Å². The van der Waals surface area contributed by atoms with Crippen molar-refractivity contribution in [2.75, 3.05) is 20.7 Å². The first kappa shape index (κ1) is 12.2. The summed E-state index contributed by atoms with van der Waals surface area (Å²) in [6.07, 6.45) is 0.722. The summed E-state index contributed by atoms with van der Waals surface area (Å²) in [4.78, 5) is 23.7. The molecular formula is C12H15NO3. The molecule has 0 heterocycles. The molecule has 86 valence electrons. The Bertz CT molecular complexity index is 362. The first-order valence-corrected chi connectivity index (χ1v) is 5.02. The van der Waals surface area contributed by atoms with Gasteiger partial charge in [-0.15, -0.1) is 0 Å². The van der Waals surface area contributed by atoms with E-state index in [0.29, 0.717) is 6.54 Å². The summed E-state index contributed by atoms with van der Waals surface area (Å²) in [5, 5.41) is 0. The number of rotatable bonds is 3. The van der Waals surface area contributed by atoms with E-state index in [2.05, 4.69) is 4.74 Å². The zero-order chi connectivity index (χ0) is 12.0. The summed E-state index contributed by atoms with van der Waals surface area (Å²) in [5.41, 5.74) is 1.13. The molecule has 0 fully saturated rings. The maximum absolute atomic E-state index is 11.3. The molecular weight excluding hydrogens is 206 g/mol. The first-order chi connectivity index (χ1) is 7.65. The Kier molecular flexibility index (Phi) is 4.51. The summed E-state index contributed by atoms with van der Waals surface area (Å²) in [7, 11) is 2.79. The lowest BCUT2D eigenvalue weighted by atomic mass is 10.1. The maximum Gasteiger partial charge on any atom is 0.396 e. The van der Waals surface area contributed by atoms with E-state index in [0.717, 1.165) is 12.0 Å².